The third kappa shape index (κ3) is 3.41. The van der Waals surface area contributed by atoms with Crippen LogP contribution in [0.1, 0.15) is 16.7 Å². The van der Waals surface area contributed by atoms with E-state index in [9.17, 15) is 4.79 Å². The summed E-state index contributed by atoms with van der Waals surface area (Å²) in [5.74, 6) is 0. The first-order valence-electron chi connectivity index (χ1n) is 7.45. The zero-order valence-corrected chi connectivity index (χ0v) is 16.2. The first kappa shape index (κ1) is 16.8. The molecule has 1 aromatic heterocycles. The monoisotopic (exact) mass is 360 g/mol. The van der Waals surface area contributed by atoms with E-state index in [1.54, 1.807) is 0 Å². The Hall–Kier alpha value is -1.06. The highest BCUT2D eigenvalue weighted by Crippen LogP contribution is 2.27. The van der Waals surface area contributed by atoms with Gasteiger partial charge in [0.2, 0.25) is 0 Å². The fourth-order valence-corrected chi connectivity index (χ4v) is 3.51. The average Bonchev–Trinajstić information content (AvgIpc) is 2.60. The van der Waals surface area contributed by atoms with Gasteiger partial charge in [-0.2, -0.15) is 0 Å². The van der Waals surface area contributed by atoms with Gasteiger partial charge in [0.05, 0.1) is 5.56 Å². The minimum absolute atomic E-state index is 0.285. The summed E-state index contributed by atoms with van der Waals surface area (Å²) in [6.45, 7) is 0. The molecular weight excluding hydrogens is 341 g/mol. The Balaban J connectivity index is 2.21. The molecule has 0 saturated carbocycles. The molecule has 23 heavy (non-hydrogen) atoms. The fourth-order valence-electron chi connectivity index (χ4n) is 2.66. The molecule has 0 aliphatic carbocycles. The fraction of sp³-hybridized carbons (Fsp3) is 0.167. The summed E-state index contributed by atoms with van der Waals surface area (Å²) in [6, 6.07) is 14.1. The number of rotatable bonds is 4. The second kappa shape index (κ2) is 7.23. The van der Waals surface area contributed by atoms with E-state index < -0.39 is 0 Å². The summed E-state index contributed by atoms with van der Waals surface area (Å²) in [7, 11) is 8.16. The van der Waals surface area contributed by atoms with Crippen molar-refractivity contribution in [2.75, 3.05) is 0 Å². The molecule has 0 bridgehead atoms. The molecule has 0 amide bonds. The Labute approximate surface area is 142 Å². The van der Waals surface area contributed by atoms with Gasteiger partial charge >= 0.3 is 5.63 Å². The molecule has 3 rings (SSSR count). The summed E-state index contributed by atoms with van der Waals surface area (Å²) in [5, 5.41) is 1.01. The minimum Gasteiger partial charge on any atom is -0.422 e. The first-order chi connectivity index (χ1) is 11.2. The maximum atomic E-state index is 12.4. The van der Waals surface area contributed by atoms with Crippen LogP contribution in [0.25, 0.3) is 22.1 Å². The normalized spacial score (nSPS) is 11.1. The van der Waals surface area contributed by atoms with Crippen LogP contribution < -0.4 is 5.63 Å². The number of hydrogen-bond donors (Lipinski definition) is 0. The van der Waals surface area contributed by atoms with Crippen LogP contribution in [-0.2, 0) is 18.5 Å². The van der Waals surface area contributed by atoms with E-state index in [0.29, 0.717) is 11.1 Å². The van der Waals surface area contributed by atoms with Crippen molar-refractivity contribution in [2.45, 2.75) is 18.5 Å². The number of fused-ring (bicyclic) bond motifs is 1. The van der Waals surface area contributed by atoms with Gasteiger partial charge < -0.3 is 4.42 Å². The van der Waals surface area contributed by atoms with Gasteiger partial charge in [-0.05, 0) is 52.9 Å². The molecule has 3 unspecified atom stereocenters. The molecule has 1 heterocycles. The van der Waals surface area contributed by atoms with E-state index in [4.69, 9.17) is 4.42 Å². The molecule has 5 heteroatoms. The Morgan fingerprint density at radius 1 is 0.826 bits per heavy atom. The van der Waals surface area contributed by atoms with E-state index in [2.05, 4.69) is 33.8 Å². The van der Waals surface area contributed by atoms with Gasteiger partial charge in [-0.3, -0.25) is 0 Å². The van der Waals surface area contributed by atoms with Crippen molar-refractivity contribution in [1.82, 2.24) is 0 Å². The summed E-state index contributed by atoms with van der Waals surface area (Å²) in [5.41, 5.74) is 5.44. The molecule has 0 saturated heterocycles. The van der Waals surface area contributed by atoms with E-state index in [-0.39, 0.29) is 5.63 Å². The number of hydrogen-bond acceptors (Lipinski definition) is 2. The lowest BCUT2D eigenvalue weighted by Crippen LogP contribution is -2.04. The summed E-state index contributed by atoms with van der Waals surface area (Å²) in [6.07, 6.45) is 2.57. The van der Waals surface area contributed by atoms with Gasteiger partial charge in [0, 0.05) is 5.39 Å². The van der Waals surface area contributed by atoms with Gasteiger partial charge in [0.15, 0.2) is 0 Å². The molecule has 2 aromatic carbocycles. The smallest absolute Gasteiger partial charge is 0.344 e. The molecule has 0 radical (unpaired) electrons. The van der Waals surface area contributed by atoms with E-state index in [1.807, 2.05) is 36.4 Å². The quantitative estimate of drug-likeness (QED) is 0.503. The second-order valence-corrected chi connectivity index (χ2v) is 6.65. The third-order valence-corrected chi connectivity index (χ3v) is 5.34. The van der Waals surface area contributed by atoms with Crippen molar-refractivity contribution in [3.05, 3.63) is 69.6 Å². The van der Waals surface area contributed by atoms with Crippen LogP contribution >= 0.6 is 27.7 Å². The zero-order chi connectivity index (χ0) is 16.4. The van der Waals surface area contributed by atoms with E-state index in [0.717, 1.165) is 35.0 Å². The highest BCUT2D eigenvalue weighted by molar-refractivity contribution is 7.15. The highest BCUT2D eigenvalue weighted by atomic mass is 31.0. The Bertz CT molecular complexity index is 899. The van der Waals surface area contributed by atoms with Crippen LogP contribution in [0.15, 0.2) is 51.7 Å². The third-order valence-electron chi connectivity index (χ3n) is 3.96. The lowest BCUT2D eigenvalue weighted by Gasteiger charge is -2.09. The van der Waals surface area contributed by atoms with Crippen LogP contribution in [0.3, 0.4) is 0 Å². The predicted octanol–water partition coefficient (Wildman–Crippen LogP) is 4.59. The van der Waals surface area contributed by atoms with Crippen LogP contribution in [-0.4, -0.2) is 0 Å². The van der Waals surface area contributed by atoms with Crippen LogP contribution in [0.2, 0.25) is 0 Å². The molecule has 0 aliphatic rings. The maximum Gasteiger partial charge on any atom is 0.344 e. The largest absolute Gasteiger partial charge is 0.422 e. The molecule has 3 aromatic rings. The molecule has 3 atom stereocenters. The Morgan fingerprint density at radius 3 is 2.13 bits per heavy atom. The SMILES string of the molecule is O=c1oc2cc(CP)cc(CP)c2cc1-c1ccc(CP)cc1. The van der Waals surface area contributed by atoms with E-state index >= 15 is 0 Å². The molecular formula is C18H19O2P3. The topological polar surface area (TPSA) is 30.2 Å². The second-order valence-electron chi connectivity index (χ2n) is 5.42. The van der Waals surface area contributed by atoms with Crippen molar-refractivity contribution in [3.8, 4) is 11.1 Å². The van der Waals surface area contributed by atoms with Gasteiger partial charge in [0.25, 0.3) is 0 Å². The maximum absolute atomic E-state index is 12.4. The zero-order valence-electron chi connectivity index (χ0n) is 12.7. The molecule has 118 valence electrons. The van der Waals surface area contributed by atoms with Crippen LogP contribution in [0, 0.1) is 0 Å². The average molecular weight is 360 g/mol. The Kier molecular flexibility index (Phi) is 5.27. The Morgan fingerprint density at radius 2 is 1.52 bits per heavy atom. The first-order valence-corrected chi connectivity index (χ1v) is 9.90. The van der Waals surface area contributed by atoms with Gasteiger partial charge in [-0.15, -0.1) is 27.7 Å². The molecule has 0 fully saturated rings. The molecule has 2 nitrogen and oxygen atoms in total. The predicted molar refractivity (Wildman–Crippen MR) is 108 cm³/mol. The summed E-state index contributed by atoms with van der Waals surface area (Å²) in [4.78, 5) is 12.4. The molecule has 0 aliphatic heterocycles. The summed E-state index contributed by atoms with van der Waals surface area (Å²) >= 11 is 0. The molecule has 0 N–H and O–H groups in total. The van der Waals surface area contributed by atoms with Crippen LogP contribution in [0.4, 0.5) is 0 Å². The lowest BCUT2D eigenvalue weighted by molar-refractivity contribution is 0.563. The van der Waals surface area contributed by atoms with Crippen LogP contribution in [0.5, 0.6) is 0 Å². The lowest BCUT2D eigenvalue weighted by atomic mass is 10.0. The van der Waals surface area contributed by atoms with Crippen molar-refractivity contribution < 1.29 is 4.42 Å². The van der Waals surface area contributed by atoms with E-state index in [1.165, 1.54) is 11.1 Å². The summed E-state index contributed by atoms with van der Waals surface area (Å²) < 4.78 is 5.61. The van der Waals surface area contributed by atoms with Gasteiger partial charge in [-0.1, -0.05) is 30.3 Å². The van der Waals surface area contributed by atoms with Crippen molar-refractivity contribution in [1.29, 1.82) is 0 Å². The van der Waals surface area contributed by atoms with Crippen molar-refractivity contribution in [3.63, 3.8) is 0 Å². The van der Waals surface area contributed by atoms with Gasteiger partial charge in [-0.25, -0.2) is 4.79 Å². The van der Waals surface area contributed by atoms with Crippen molar-refractivity contribution >= 4 is 38.7 Å². The number of benzene rings is 2. The molecule has 0 spiro atoms. The highest BCUT2D eigenvalue weighted by Gasteiger charge is 2.11. The standard InChI is InChI=1S/C18H19O2P3/c19-18-16(13-3-1-11(8-21)2-4-13)7-15-14(10-23)5-12(9-22)6-17(15)20-18/h1-7H,8-10,21-23H2. The minimum atomic E-state index is -0.285. The van der Waals surface area contributed by atoms with Crippen molar-refractivity contribution in [2.24, 2.45) is 0 Å². The van der Waals surface area contributed by atoms with Gasteiger partial charge in [0.1, 0.15) is 5.58 Å².